The summed E-state index contributed by atoms with van der Waals surface area (Å²) in [4.78, 5) is 13.6. The molecule has 1 heterocycles. The topological polar surface area (TPSA) is 68.2 Å². The van der Waals surface area contributed by atoms with Crippen molar-refractivity contribution in [1.82, 2.24) is 8.62 Å². The van der Waals surface area contributed by atoms with E-state index in [4.69, 9.17) is 11.6 Å². The van der Waals surface area contributed by atoms with Crippen LogP contribution in [-0.4, -0.2) is 34.9 Å². The van der Waals surface area contributed by atoms with Crippen LogP contribution >= 0.6 is 27.5 Å². The molecule has 3 aromatic rings. The maximum absolute atomic E-state index is 13.6. The maximum atomic E-state index is 13.6. The van der Waals surface area contributed by atoms with Crippen molar-refractivity contribution in [1.29, 1.82) is 0 Å². The number of nitrogens with one attached hydrogen (secondary N) is 1. The number of carbonyl (C=O) groups is 1. The number of sulfonamides is 1. The lowest BCUT2D eigenvalue weighted by atomic mass is 10.0. The number of carbonyl (C=O) groups excluding carboxylic acids is 1. The molecule has 0 saturated heterocycles. The molecule has 0 fully saturated rings. The number of nitrogens with zero attached hydrogens (tertiary/aromatic N) is 1. The molecule has 0 aliphatic rings. The van der Waals surface area contributed by atoms with E-state index in [2.05, 4.69) is 64.6 Å². The molecule has 0 spiro atoms. The second kappa shape index (κ2) is 9.75. The molecule has 0 aliphatic carbocycles. The molecule has 0 atom stereocenters. The summed E-state index contributed by atoms with van der Waals surface area (Å²) in [6.45, 7) is 21.4. The zero-order valence-corrected chi connectivity index (χ0v) is 28.5. The predicted octanol–water partition coefficient (Wildman–Crippen LogP) is 8.43. The highest BCUT2D eigenvalue weighted by Crippen LogP contribution is 2.41. The highest BCUT2D eigenvalue weighted by Gasteiger charge is 2.40. The minimum absolute atomic E-state index is 0.0710. The molecule has 0 amide bonds. The molecular weight excluding hydrogens is 604 g/mol. The fourth-order valence-electron chi connectivity index (χ4n) is 3.71. The first kappa shape index (κ1) is 30.3. The van der Waals surface area contributed by atoms with E-state index in [9.17, 15) is 13.2 Å². The second-order valence-electron chi connectivity index (χ2n) is 12.8. The van der Waals surface area contributed by atoms with Crippen LogP contribution in [0, 0.1) is 0 Å². The summed E-state index contributed by atoms with van der Waals surface area (Å²) in [6, 6.07) is 10.1. The van der Waals surface area contributed by atoms with Crippen LogP contribution in [0.1, 0.15) is 57.5 Å². The standard InChI is InChI=1S/C27H38BrClN2O3SSi2/c1-26(2,3)36(7,8)30-35(33,34)24-16-19(12-14-22(24)29)25(32)18-11-13-20-21(28)17-31(23(20)15-18)37(9,10)27(4,5)6/h11-17,30H,1-10H3. The lowest BCUT2D eigenvalue weighted by Gasteiger charge is -2.38. The number of benzene rings is 2. The Bertz CT molecular complexity index is 1480. The first-order chi connectivity index (χ1) is 16.6. The van der Waals surface area contributed by atoms with Crippen LogP contribution in [0.15, 0.2) is 52.0 Å². The average molecular weight is 642 g/mol. The highest BCUT2D eigenvalue weighted by atomic mass is 79.9. The van der Waals surface area contributed by atoms with Gasteiger partial charge in [0.05, 0.1) is 5.02 Å². The Hall–Kier alpha value is -1.24. The van der Waals surface area contributed by atoms with Gasteiger partial charge in [-0.25, -0.2) is 12.8 Å². The van der Waals surface area contributed by atoms with Gasteiger partial charge in [0.1, 0.15) is 13.1 Å². The van der Waals surface area contributed by atoms with Crippen molar-refractivity contribution in [2.24, 2.45) is 0 Å². The van der Waals surface area contributed by atoms with Crippen LogP contribution in [0.2, 0.25) is 41.3 Å². The average Bonchev–Trinajstić information content (AvgIpc) is 3.07. The number of fused-ring (bicyclic) bond motifs is 1. The van der Waals surface area contributed by atoms with E-state index < -0.39 is 26.5 Å². The van der Waals surface area contributed by atoms with Gasteiger partial charge in [0.2, 0.25) is 10.0 Å². The zero-order valence-electron chi connectivity index (χ0n) is 23.4. The first-order valence-electron chi connectivity index (χ1n) is 12.3. The summed E-state index contributed by atoms with van der Waals surface area (Å²) >= 11 is 10.0. The summed E-state index contributed by atoms with van der Waals surface area (Å²) in [5.74, 6) is -0.249. The molecule has 2 aromatic carbocycles. The molecule has 0 radical (unpaired) electrons. The van der Waals surface area contributed by atoms with Gasteiger partial charge in [-0.15, -0.1) is 0 Å². The minimum Gasteiger partial charge on any atom is -0.373 e. The van der Waals surface area contributed by atoms with Gasteiger partial charge < -0.3 is 4.23 Å². The summed E-state index contributed by atoms with van der Waals surface area (Å²) in [6.07, 6.45) is 2.12. The van der Waals surface area contributed by atoms with Gasteiger partial charge in [0.25, 0.3) is 0 Å². The van der Waals surface area contributed by atoms with Crippen LogP contribution in [0.25, 0.3) is 10.9 Å². The van der Waals surface area contributed by atoms with Gasteiger partial charge in [0, 0.05) is 32.7 Å². The third-order valence-corrected chi connectivity index (χ3v) is 22.3. The molecule has 0 bridgehead atoms. The Morgan fingerprint density at radius 2 is 1.46 bits per heavy atom. The lowest BCUT2D eigenvalue weighted by molar-refractivity contribution is 0.103. The number of ketones is 1. The van der Waals surface area contributed by atoms with E-state index >= 15 is 0 Å². The number of rotatable bonds is 6. The molecule has 10 heteroatoms. The molecule has 3 rings (SSSR count). The van der Waals surface area contributed by atoms with Crippen molar-refractivity contribution in [3.05, 3.63) is 63.2 Å². The van der Waals surface area contributed by atoms with E-state index in [1.165, 1.54) is 12.1 Å². The summed E-state index contributed by atoms with van der Waals surface area (Å²) in [5, 5.41) is 1.02. The number of hydrogen-bond donors (Lipinski definition) is 1. The van der Waals surface area contributed by atoms with Gasteiger partial charge in [-0.2, -0.15) is 0 Å². The molecule has 0 unspecified atom stereocenters. The molecule has 0 aliphatic heterocycles. The summed E-state index contributed by atoms with van der Waals surface area (Å²) < 4.78 is 33.0. The number of hydrogen-bond acceptors (Lipinski definition) is 3. The Kier molecular flexibility index (Phi) is 7.98. The van der Waals surface area contributed by atoms with Crippen molar-refractivity contribution in [2.45, 2.75) is 82.7 Å². The fourth-order valence-corrected chi connectivity index (χ4v) is 11.8. The molecule has 0 saturated carbocycles. The normalized spacial score (nSPS) is 13.8. The van der Waals surface area contributed by atoms with Gasteiger partial charge in [-0.05, 0) is 50.3 Å². The third-order valence-electron chi connectivity index (χ3n) is 8.20. The van der Waals surface area contributed by atoms with Crippen molar-refractivity contribution in [2.75, 3.05) is 0 Å². The molecule has 202 valence electrons. The third kappa shape index (κ3) is 5.72. The van der Waals surface area contributed by atoms with Gasteiger partial charge in [0.15, 0.2) is 14.0 Å². The summed E-state index contributed by atoms with van der Waals surface area (Å²) in [7, 11) is -8.30. The first-order valence-corrected chi connectivity index (χ1v) is 20.9. The Morgan fingerprint density at radius 1 is 0.919 bits per heavy atom. The van der Waals surface area contributed by atoms with Gasteiger partial charge in [-0.1, -0.05) is 91.5 Å². The van der Waals surface area contributed by atoms with E-state index in [0.717, 1.165) is 15.4 Å². The van der Waals surface area contributed by atoms with E-state index in [-0.39, 0.29) is 31.3 Å². The van der Waals surface area contributed by atoms with Crippen molar-refractivity contribution >= 4 is 70.7 Å². The molecular formula is C27H38BrClN2O3SSi2. The Labute approximate surface area is 237 Å². The smallest absolute Gasteiger partial charge is 0.236 e. The fraction of sp³-hybridized carbons (Fsp3) is 0.444. The number of halogens is 2. The van der Waals surface area contributed by atoms with Crippen LogP contribution in [0.5, 0.6) is 0 Å². The van der Waals surface area contributed by atoms with E-state index in [1.807, 2.05) is 46.0 Å². The minimum atomic E-state index is -3.92. The van der Waals surface area contributed by atoms with Crippen LogP contribution in [-0.2, 0) is 10.0 Å². The molecule has 37 heavy (non-hydrogen) atoms. The van der Waals surface area contributed by atoms with Gasteiger partial charge in [-0.3, -0.25) is 4.79 Å². The van der Waals surface area contributed by atoms with Crippen molar-refractivity contribution < 1.29 is 13.2 Å². The van der Waals surface area contributed by atoms with Crippen molar-refractivity contribution in [3.63, 3.8) is 0 Å². The Morgan fingerprint density at radius 3 is 2.00 bits per heavy atom. The van der Waals surface area contributed by atoms with E-state index in [0.29, 0.717) is 5.56 Å². The zero-order chi connectivity index (χ0) is 28.4. The molecule has 5 nitrogen and oxygen atoms in total. The predicted molar refractivity (Wildman–Crippen MR) is 165 cm³/mol. The largest absolute Gasteiger partial charge is 0.373 e. The Balaban J connectivity index is 2.10. The van der Waals surface area contributed by atoms with Crippen LogP contribution < -0.4 is 4.39 Å². The quantitative estimate of drug-likeness (QED) is 0.217. The molecule has 1 N–H and O–H groups in total. The SMILES string of the molecule is CC(C)(C)[Si](C)(C)NS(=O)(=O)c1cc(C(=O)c2ccc3c(Br)cn([Si](C)(C)C(C)(C)C)c3c2)ccc1Cl. The van der Waals surface area contributed by atoms with Gasteiger partial charge >= 0.3 is 0 Å². The second-order valence-corrected chi connectivity index (χ2v) is 26.2. The van der Waals surface area contributed by atoms with Crippen LogP contribution in [0.3, 0.4) is 0 Å². The highest BCUT2D eigenvalue weighted by molar-refractivity contribution is 9.10. The lowest BCUT2D eigenvalue weighted by Crippen LogP contribution is -2.54. The van der Waals surface area contributed by atoms with Crippen LogP contribution in [0.4, 0.5) is 0 Å². The summed E-state index contributed by atoms with van der Waals surface area (Å²) in [5.41, 5.74) is 1.77. The number of aromatic nitrogens is 1. The van der Waals surface area contributed by atoms with E-state index in [1.54, 1.807) is 12.1 Å². The van der Waals surface area contributed by atoms with Crippen molar-refractivity contribution in [3.8, 4) is 0 Å². The maximum Gasteiger partial charge on any atom is 0.236 e. The molecule has 1 aromatic heterocycles. The monoisotopic (exact) mass is 640 g/mol.